The summed E-state index contributed by atoms with van der Waals surface area (Å²) in [5, 5.41) is 7.58. The molecule has 1 saturated heterocycles. The van der Waals surface area contributed by atoms with Gasteiger partial charge in [0.25, 0.3) is 0 Å². The molecule has 0 bridgehead atoms. The van der Waals surface area contributed by atoms with Crippen molar-refractivity contribution in [3.05, 3.63) is 48.4 Å². The highest BCUT2D eigenvalue weighted by atomic mass is 32.2. The van der Waals surface area contributed by atoms with Gasteiger partial charge in [0.1, 0.15) is 11.9 Å². The van der Waals surface area contributed by atoms with Gasteiger partial charge in [0.05, 0.1) is 11.4 Å². The molecule has 0 spiro atoms. The topological polar surface area (TPSA) is 72.4 Å². The third-order valence-corrected chi connectivity index (χ3v) is 5.51. The smallest absolute Gasteiger partial charge is 0.243 e. The first kappa shape index (κ1) is 15.8. The second-order valence-electron chi connectivity index (χ2n) is 5.26. The van der Waals surface area contributed by atoms with Gasteiger partial charge in [0.15, 0.2) is 0 Å². The van der Waals surface area contributed by atoms with Crippen LogP contribution in [0, 0.1) is 5.82 Å². The average molecular weight is 337 g/mol. The van der Waals surface area contributed by atoms with E-state index >= 15 is 0 Å². The maximum absolute atomic E-state index is 13.0. The Morgan fingerprint density at radius 2 is 2.00 bits per heavy atom. The summed E-state index contributed by atoms with van der Waals surface area (Å²) in [6.45, 7) is 0.649. The maximum Gasteiger partial charge on any atom is 0.243 e. The number of aromatic nitrogens is 2. The van der Waals surface area contributed by atoms with Gasteiger partial charge in [-0.15, -0.1) is 5.10 Å². The molecule has 3 rings (SSSR count). The van der Waals surface area contributed by atoms with Gasteiger partial charge in [-0.3, -0.25) is 0 Å². The van der Waals surface area contributed by atoms with Crippen LogP contribution in [0.25, 0.3) is 0 Å². The zero-order valence-electron chi connectivity index (χ0n) is 12.3. The molecule has 0 N–H and O–H groups in total. The highest BCUT2D eigenvalue weighted by Gasteiger charge is 2.31. The lowest BCUT2D eigenvalue weighted by Crippen LogP contribution is -2.44. The van der Waals surface area contributed by atoms with Crippen molar-refractivity contribution in [1.82, 2.24) is 14.5 Å². The number of benzene rings is 1. The lowest BCUT2D eigenvalue weighted by molar-refractivity contribution is 0.123. The van der Waals surface area contributed by atoms with Gasteiger partial charge in [-0.1, -0.05) is 0 Å². The minimum absolute atomic E-state index is 0.0825. The van der Waals surface area contributed by atoms with Crippen LogP contribution in [0.5, 0.6) is 5.88 Å². The molecular weight excluding hydrogens is 321 g/mol. The van der Waals surface area contributed by atoms with Crippen LogP contribution in [0.4, 0.5) is 4.39 Å². The highest BCUT2D eigenvalue weighted by molar-refractivity contribution is 7.89. The fraction of sp³-hybridized carbons (Fsp3) is 0.333. The van der Waals surface area contributed by atoms with E-state index in [0.29, 0.717) is 18.8 Å². The van der Waals surface area contributed by atoms with Crippen molar-refractivity contribution < 1.29 is 17.5 Å². The molecule has 2 aromatic rings. The second kappa shape index (κ2) is 6.59. The highest BCUT2D eigenvalue weighted by Crippen LogP contribution is 2.23. The molecule has 8 heteroatoms. The molecule has 1 aliphatic rings. The van der Waals surface area contributed by atoms with E-state index in [1.165, 1.54) is 16.4 Å². The quantitative estimate of drug-likeness (QED) is 0.851. The lowest BCUT2D eigenvalue weighted by Gasteiger charge is -2.31. The molecular formula is C15H16FN3O3S. The van der Waals surface area contributed by atoms with E-state index in [9.17, 15) is 12.8 Å². The molecule has 0 saturated carbocycles. The van der Waals surface area contributed by atoms with Crippen molar-refractivity contribution in [3.63, 3.8) is 0 Å². The van der Waals surface area contributed by atoms with Crippen LogP contribution < -0.4 is 4.74 Å². The van der Waals surface area contributed by atoms with E-state index in [1.807, 2.05) is 0 Å². The van der Waals surface area contributed by atoms with Crippen molar-refractivity contribution >= 4 is 10.0 Å². The third-order valence-electron chi connectivity index (χ3n) is 3.63. The molecule has 0 aliphatic carbocycles. The molecule has 0 unspecified atom stereocenters. The van der Waals surface area contributed by atoms with Gasteiger partial charge in [-0.2, -0.15) is 9.40 Å². The SMILES string of the molecule is O=S(=O)(c1ccc(F)cc1)N1CCC[C@H](Oc2cccnn2)C1. The monoisotopic (exact) mass is 337 g/mol. The van der Waals surface area contributed by atoms with Crippen LogP contribution in [-0.4, -0.2) is 42.1 Å². The van der Waals surface area contributed by atoms with E-state index in [4.69, 9.17) is 4.74 Å². The average Bonchev–Trinajstić information content (AvgIpc) is 2.56. The summed E-state index contributed by atoms with van der Waals surface area (Å²) in [5.41, 5.74) is 0. The van der Waals surface area contributed by atoms with Gasteiger partial charge >= 0.3 is 0 Å². The lowest BCUT2D eigenvalue weighted by atomic mass is 10.1. The third kappa shape index (κ3) is 3.65. The van der Waals surface area contributed by atoms with Crippen molar-refractivity contribution in [2.45, 2.75) is 23.8 Å². The van der Waals surface area contributed by atoms with Crippen molar-refractivity contribution in [3.8, 4) is 5.88 Å². The number of nitrogens with zero attached hydrogens (tertiary/aromatic N) is 3. The Hall–Kier alpha value is -2.06. The van der Waals surface area contributed by atoms with Crippen molar-refractivity contribution in [2.75, 3.05) is 13.1 Å². The van der Waals surface area contributed by atoms with Crippen LogP contribution in [0.3, 0.4) is 0 Å². The number of ether oxygens (including phenoxy) is 1. The number of sulfonamides is 1. The Morgan fingerprint density at radius 1 is 1.22 bits per heavy atom. The van der Waals surface area contributed by atoms with Crippen LogP contribution >= 0.6 is 0 Å². The van der Waals surface area contributed by atoms with E-state index in [1.54, 1.807) is 18.3 Å². The van der Waals surface area contributed by atoms with Gasteiger partial charge in [-0.05, 0) is 43.2 Å². The number of rotatable bonds is 4. The normalized spacial score (nSPS) is 19.4. The molecule has 0 amide bonds. The van der Waals surface area contributed by atoms with Crippen LogP contribution in [0.1, 0.15) is 12.8 Å². The molecule has 23 heavy (non-hydrogen) atoms. The molecule has 1 aromatic heterocycles. The summed E-state index contributed by atoms with van der Waals surface area (Å²) in [5.74, 6) is -0.0926. The molecule has 1 atom stereocenters. The molecule has 1 aromatic carbocycles. The first-order valence-corrected chi connectivity index (χ1v) is 8.70. The van der Waals surface area contributed by atoms with E-state index < -0.39 is 15.8 Å². The molecule has 6 nitrogen and oxygen atoms in total. The predicted molar refractivity (Wildman–Crippen MR) is 80.8 cm³/mol. The van der Waals surface area contributed by atoms with E-state index in [2.05, 4.69) is 10.2 Å². The van der Waals surface area contributed by atoms with Gasteiger partial charge in [0.2, 0.25) is 15.9 Å². The van der Waals surface area contributed by atoms with Gasteiger partial charge in [-0.25, -0.2) is 12.8 Å². The first-order chi connectivity index (χ1) is 11.1. The summed E-state index contributed by atoms with van der Waals surface area (Å²) in [6, 6.07) is 8.23. The number of hydrogen-bond acceptors (Lipinski definition) is 5. The number of piperidine rings is 1. The first-order valence-electron chi connectivity index (χ1n) is 7.26. The summed E-state index contributed by atoms with van der Waals surface area (Å²) in [4.78, 5) is 0.0825. The fourth-order valence-electron chi connectivity index (χ4n) is 2.50. The zero-order chi connectivity index (χ0) is 16.3. The largest absolute Gasteiger partial charge is 0.472 e. The summed E-state index contributed by atoms with van der Waals surface area (Å²) >= 11 is 0. The summed E-state index contributed by atoms with van der Waals surface area (Å²) in [7, 11) is -3.65. The Morgan fingerprint density at radius 3 is 2.70 bits per heavy atom. The van der Waals surface area contributed by atoms with Gasteiger partial charge < -0.3 is 4.74 Å². The summed E-state index contributed by atoms with van der Waals surface area (Å²) < 4.78 is 45.3. The Balaban J connectivity index is 1.74. The van der Waals surface area contributed by atoms with Crippen LogP contribution in [-0.2, 0) is 10.0 Å². The van der Waals surface area contributed by atoms with E-state index in [0.717, 1.165) is 18.6 Å². The minimum atomic E-state index is -3.65. The minimum Gasteiger partial charge on any atom is -0.472 e. The number of hydrogen-bond donors (Lipinski definition) is 0. The molecule has 122 valence electrons. The van der Waals surface area contributed by atoms with E-state index in [-0.39, 0.29) is 17.5 Å². The molecule has 1 fully saturated rings. The molecule has 1 aliphatic heterocycles. The van der Waals surface area contributed by atoms with Crippen molar-refractivity contribution in [1.29, 1.82) is 0 Å². The maximum atomic E-state index is 13.0. The van der Waals surface area contributed by atoms with Gasteiger partial charge in [0, 0.05) is 18.8 Å². The molecule has 0 radical (unpaired) electrons. The fourth-order valence-corrected chi connectivity index (χ4v) is 4.01. The predicted octanol–water partition coefficient (Wildman–Crippen LogP) is 1.85. The second-order valence-corrected chi connectivity index (χ2v) is 7.20. The van der Waals surface area contributed by atoms with Crippen molar-refractivity contribution in [2.24, 2.45) is 0 Å². The Kier molecular flexibility index (Phi) is 4.53. The zero-order valence-corrected chi connectivity index (χ0v) is 13.1. The Labute approximate surface area is 134 Å². The van der Waals surface area contributed by atoms with Crippen LogP contribution in [0.2, 0.25) is 0 Å². The summed E-state index contributed by atoms with van der Waals surface area (Å²) in [6.07, 6.45) is 2.69. The molecule has 2 heterocycles. The standard InChI is InChI=1S/C15H16FN3O3S/c16-12-5-7-14(8-6-12)23(20,21)19-10-2-3-13(11-19)22-15-4-1-9-17-18-15/h1,4-9,13H,2-3,10-11H2/t13-/m0/s1. The Bertz CT molecular complexity index is 753. The van der Waals surface area contributed by atoms with Crippen LogP contribution in [0.15, 0.2) is 47.5 Å². The number of halogens is 1.